The van der Waals surface area contributed by atoms with Crippen molar-refractivity contribution >= 4 is 63.8 Å². The van der Waals surface area contributed by atoms with Gasteiger partial charge < -0.3 is 0 Å². The number of rotatable bonds is 4. The summed E-state index contributed by atoms with van der Waals surface area (Å²) in [4.78, 5) is 25.8. The van der Waals surface area contributed by atoms with E-state index in [2.05, 4.69) is 0 Å². The third-order valence-corrected chi connectivity index (χ3v) is 8.49. The summed E-state index contributed by atoms with van der Waals surface area (Å²) < 4.78 is 6.91. The van der Waals surface area contributed by atoms with Crippen LogP contribution in [0.2, 0.25) is 0 Å². The van der Waals surface area contributed by atoms with Crippen molar-refractivity contribution in [2.24, 2.45) is 0 Å². The number of carbonyl (C=O) groups excluding carboxylic acids is 1. The number of phenolic OH excluding ortho intramolecular Hbond substituents is 1. The topological polar surface area (TPSA) is 92.9 Å². The van der Waals surface area contributed by atoms with Crippen LogP contribution in [0, 0.1) is 10.1 Å². The third kappa shape index (κ3) is 3.23. The number of aromatic hydroxyl groups is 1. The fourth-order valence-corrected chi connectivity index (χ4v) is 6.62. The maximum atomic E-state index is 13.5. The Hall–Kier alpha value is -3.06. The van der Waals surface area contributed by atoms with Gasteiger partial charge in [0.1, 0.15) is 0 Å². The van der Waals surface area contributed by atoms with Gasteiger partial charge in [0.15, 0.2) is 0 Å². The first-order chi connectivity index (χ1) is 15.4. The van der Waals surface area contributed by atoms with Gasteiger partial charge in [0.2, 0.25) is 0 Å². The molecule has 1 aliphatic heterocycles. The van der Waals surface area contributed by atoms with Crippen LogP contribution in [0.25, 0.3) is 20.4 Å². The van der Waals surface area contributed by atoms with Crippen molar-refractivity contribution < 1.29 is 19.6 Å². The van der Waals surface area contributed by atoms with Crippen molar-refractivity contribution in [2.75, 3.05) is 24.4 Å². The molecule has 9 heteroatoms. The first-order valence-corrected chi connectivity index (χ1v) is 12.1. The third-order valence-electron chi connectivity index (χ3n) is 5.80. The molecule has 3 aromatic carbocycles. The molecule has 5 rings (SSSR count). The number of phenols is 1. The number of nitro groups is 1. The summed E-state index contributed by atoms with van der Waals surface area (Å²) in [6, 6.07) is 13.5. The van der Waals surface area contributed by atoms with Gasteiger partial charge in [0.05, 0.1) is 0 Å². The number of hydrogen-bond acceptors (Lipinski definition) is 5. The molecule has 1 atom stereocenters. The predicted molar refractivity (Wildman–Crippen MR) is 125 cm³/mol. The van der Waals surface area contributed by atoms with Gasteiger partial charge in [-0.15, -0.1) is 0 Å². The normalized spacial score (nSPS) is 15.3. The first kappa shape index (κ1) is 20.8. The minimum absolute atomic E-state index is 0.00330. The summed E-state index contributed by atoms with van der Waals surface area (Å²) in [5.41, 5.74) is 1.56. The number of amides is 1. The number of fused-ring (bicyclic) bond motifs is 4. The molecule has 0 fully saturated rings. The molecule has 1 N–H and O–H groups in total. The Kier molecular flexibility index (Phi) is 5.08. The second-order valence-electron chi connectivity index (χ2n) is 7.60. The zero-order valence-electron chi connectivity index (χ0n) is 16.9. The number of carbonyl (C=O) groups is 1. The molecule has 2 heterocycles. The molecule has 0 spiro atoms. The number of non-ortho nitro benzene ring substituents is 1. The number of methoxy groups -OCH3 is 1. The Morgan fingerprint density at radius 3 is 2.78 bits per heavy atom. The number of hydrogen-bond donors (Lipinski definition) is 1. The van der Waals surface area contributed by atoms with Crippen LogP contribution in [0.3, 0.4) is 0 Å². The van der Waals surface area contributed by atoms with E-state index in [1.54, 1.807) is 42.3 Å². The Morgan fingerprint density at radius 1 is 1.25 bits per heavy atom. The molecule has 32 heavy (non-hydrogen) atoms. The van der Waals surface area contributed by atoms with Crippen molar-refractivity contribution in [1.29, 1.82) is 0 Å². The first-order valence-electron chi connectivity index (χ1n) is 9.80. The monoisotopic (exact) mass is 516 g/mol. The van der Waals surface area contributed by atoms with Gasteiger partial charge in [-0.2, -0.15) is 0 Å². The van der Waals surface area contributed by atoms with Crippen molar-refractivity contribution in [3.05, 3.63) is 68.6 Å². The average molecular weight is 516 g/mol. The van der Waals surface area contributed by atoms with Crippen LogP contribution < -0.4 is 9.64 Å². The molecule has 7 nitrogen and oxygen atoms in total. The van der Waals surface area contributed by atoms with Crippen molar-refractivity contribution in [3.8, 4) is 11.5 Å². The minimum atomic E-state index is -0.440. The van der Waals surface area contributed by atoms with Crippen LogP contribution in [0.1, 0.15) is 20.7 Å². The van der Waals surface area contributed by atoms with Crippen LogP contribution in [0.4, 0.5) is 11.4 Å². The summed E-state index contributed by atoms with van der Waals surface area (Å²) in [6.07, 6.45) is 0. The molecule has 4 aromatic rings. The van der Waals surface area contributed by atoms with Gasteiger partial charge >= 0.3 is 194 Å². The predicted octanol–water partition coefficient (Wildman–Crippen LogP) is 4.66. The van der Waals surface area contributed by atoms with Crippen LogP contribution in [-0.2, 0) is 0 Å². The van der Waals surface area contributed by atoms with E-state index in [-0.39, 0.29) is 37.8 Å². The molecule has 0 radical (unpaired) electrons. The van der Waals surface area contributed by atoms with Crippen molar-refractivity contribution in [3.63, 3.8) is 0 Å². The van der Waals surface area contributed by atoms with Gasteiger partial charge in [0.25, 0.3) is 0 Å². The quantitative estimate of drug-likeness (QED) is 0.185. The molecule has 1 unspecified atom stereocenters. The SMILES string of the molecule is COc1ccc2c(O)cc3c(c2c1)C(CCl)CN3C(=O)c1cc2cc([N+](=O)[O-])ccc2[se]1. The van der Waals surface area contributed by atoms with E-state index in [9.17, 15) is 20.0 Å². The summed E-state index contributed by atoms with van der Waals surface area (Å²) in [6.45, 7) is 0.400. The van der Waals surface area contributed by atoms with Crippen LogP contribution in [-0.4, -0.2) is 50.0 Å². The molecule has 0 saturated carbocycles. The van der Waals surface area contributed by atoms with Crippen molar-refractivity contribution in [2.45, 2.75) is 5.92 Å². The van der Waals surface area contributed by atoms with E-state index in [4.69, 9.17) is 16.3 Å². The molecular weight excluding hydrogens is 499 g/mol. The molecular formula is C23H17ClN2O5Se. The Bertz CT molecular complexity index is 1420. The standard InChI is InChI=1S/C23H17ClN2O5Se/c1-31-15-3-4-16-17(8-15)22-13(10-24)11-25(18(22)9-19(16)27)23(28)21-7-12-6-14(26(29)30)2-5-20(12)32-21/h2-9,13,27H,10-11H2,1H3. The molecule has 1 amide bonds. The Labute approximate surface area is 193 Å². The Morgan fingerprint density at radius 2 is 2.06 bits per heavy atom. The molecule has 0 saturated heterocycles. The summed E-state index contributed by atoms with van der Waals surface area (Å²) in [7, 11) is 1.58. The van der Waals surface area contributed by atoms with E-state index in [0.29, 0.717) is 39.1 Å². The van der Waals surface area contributed by atoms with Gasteiger partial charge in [-0.25, -0.2) is 0 Å². The second kappa shape index (κ2) is 7.81. The number of ether oxygens (including phenoxy) is 1. The number of alkyl halides is 1. The number of nitrogens with zero attached hydrogens (tertiary/aromatic N) is 2. The molecule has 1 aliphatic rings. The van der Waals surface area contributed by atoms with Crippen molar-refractivity contribution in [1.82, 2.24) is 0 Å². The van der Waals surface area contributed by atoms with E-state index < -0.39 is 4.92 Å². The van der Waals surface area contributed by atoms with E-state index in [1.165, 1.54) is 12.1 Å². The Balaban J connectivity index is 1.62. The van der Waals surface area contributed by atoms with Crippen LogP contribution in [0.5, 0.6) is 11.5 Å². The van der Waals surface area contributed by atoms with Crippen LogP contribution >= 0.6 is 11.6 Å². The molecule has 162 valence electrons. The average Bonchev–Trinajstić information content (AvgIpc) is 3.39. The number of benzene rings is 3. The van der Waals surface area contributed by atoms with Crippen LogP contribution in [0.15, 0.2) is 48.5 Å². The summed E-state index contributed by atoms with van der Waals surface area (Å²) in [5.74, 6) is 0.800. The second-order valence-corrected chi connectivity index (χ2v) is 10.2. The van der Waals surface area contributed by atoms with E-state index in [0.717, 1.165) is 15.2 Å². The fourth-order valence-electron chi connectivity index (χ4n) is 4.28. The van der Waals surface area contributed by atoms with Gasteiger partial charge in [-0.3, -0.25) is 0 Å². The zero-order valence-corrected chi connectivity index (χ0v) is 19.3. The summed E-state index contributed by atoms with van der Waals surface area (Å²) in [5, 5.41) is 23.9. The zero-order chi connectivity index (χ0) is 22.6. The van der Waals surface area contributed by atoms with Gasteiger partial charge in [-0.1, -0.05) is 0 Å². The fraction of sp³-hybridized carbons (Fsp3) is 0.174. The van der Waals surface area contributed by atoms with Gasteiger partial charge in [0, 0.05) is 0 Å². The van der Waals surface area contributed by atoms with Gasteiger partial charge in [-0.05, 0) is 0 Å². The number of nitro benzene ring substituents is 1. The number of anilines is 1. The van der Waals surface area contributed by atoms with E-state index in [1.807, 2.05) is 6.07 Å². The molecule has 0 bridgehead atoms. The maximum absolute atomic E-state index is 13.5. The molecule has 0 aliphatic carbocycles. The van der Waals surface area contributed by atoms with E-state index >= 15 is 0 Å². The number of halogens is 1. The molecule has 1 aromatic heterocycles. The summed E-state index contributed by atoms with van der Waals surface area (Å²) >= 11 is 6.03.